The van der Waals surface area contributed by atoms with Crippen molar-refractivity contribution in [2.24, 2.45) is 0 Å². The first-order valence-corrected chi connectivity index (χ1v) is 5.74. The van der Waals surface area contributed by atoms with E-state index < -0.39 is 6.10 Å². The van der Waals surface area contributed by atoms with Crippen LogP contribution < -0.4 is 0 Å². The summed E-state index contributed by atoms with van der Waals surface area (Å²) < 4.78 is 5.04. The fraction of sp³-hybridized carbons (Fsp3) is 0.308. The number of ether oxygens (including phenoxy) is 1. The molecule has 17 heavy (non-hydrogen) atoms. The van der Waals surface area contributed by atoms with Gasteiger partial charge >= 0.3 is 5.97 Å². The van der Waals surface area contributed by atoms with Crippen molar-refractivity contribution in [3.8, 4) is 0 Å². The second kappa shape index (κ2) is 7.09. The minimum absolute atomic E-state index is 0.284. The summed E-state index contributed by atoms with van der Waals surface area (Å²) in [5.74, 6) is -0.380. The fourth-order valence-electron chi connectivity index (χ4n) is 1.24. The summed E-state index contributed by atoms with van der Waals surface area (Å²) in [6, 6.07) is 6.51. The number of rotatable bonds is 6. The lowest BCUT2D eigenvalue weighted by Gasteiger charge is -2.06. The molecule has 0 aliphatic carbocycles. The highest BCUT2D eigenvalue weighted by atomic mass is 35.5. The Morgan fingerprint density at radius 1 is 1.47 bits per heavy atom. The van der Waals surface area contributed by atoms with Crippen LogP contribution in [0.1, 0.15) is 23.2 Å². The number of aliphatic hydroxyl groups excluding tert-OH is 1. The second-order valence-corrected chi connectivity index (χ2v) is 4.02. The maximum atomic E-state index is 11.5. The molecular formula is C13H15ClO3. The Kier molecular flexibility index (Phi) is 5.73. The molecule has 0 spiro atoms. The lowest BCUT2D eigenvalue weighted by atomic mass is 10.2. The summed E-state index contributed by atoms with van der Waals surface area (Å²) in [6.45, 7) is 3.74. The Morgan fingerprint density at radius 3 is 2.71 bits per heavy atom. The summed E-state index contributed by atoms with van der Waals surface area (Å²) in [7, 11) is 0. The van der Waals surface area contributed by atoms with Crippen LogP contribution in [0.4, 0.5) is 0 Å². The number of carbonyl (C=O) groups excluding carboxylic acids is 1. The minimum atomic E-state index is -0.538. The maximum absolute atomic E-state index is 11.5. The molecule has 4 heteroatoms. The SMILES string of the molecule is C=CC(O)CCCOC(=O)c1ccc(Cl)cc1. The lowest BCUT2D eigenvalue weighted by Crippen LogP contribution is -2.09. The molecule has 0 radical (unpaired) electrons. The smallest absolute Gasteiger partial charge is 0.338 e. The van der Waals surface area contributed by atoms with Gasteiger partial charge in [-0.05, 0) is 37.1 Å². The van der Waals surface area contributed by atoms with Gasteiger partial charge in [0.25, 0.3) is 0 Å². The number of esters is 1. The van der Waals surface area contributed by atoms with E-state index in [0.29, 0.717) is 23.4 Å². The van der Waals surface area contributed by atoms with E-state index in [-0.39, 0.29) is 12.6 Å². The van der Waals surface area contributed by atoms with Gasteiger partial charge < -0.3 is 9.84 Å². The quantitative estimate of drug-likeness (QED) is 0.482. The normalized spacial score (nSPS) is 11.9. The third kappa shape index (κ3) is 5.02. The van der Waals surface area contributed by atoms with Crippen LogP contribution in [-0.2, 0) is 4.74 Å². The highest BCUT2D eigenvalue weighted by Crippen LogP contribution is 2.10. The van der Waals surface area contributed by atoms with E-state index in [1.54, 1.807) is 24.3 Å². The fourth-order valence-corrected chi connectivity index (χ4v) is 1.37. The number of carbonyl (C=O) groups is 1. The lowest BCUT2D eigenvalue weighted by molar-refractivity contribution is 0.0485. The van der Waals surface area contributed by atoms with Crippen LogP contribution in [0.15, 0.2) is 36.9 Å². The zero-order valence-electron chi connectivity index (χ0n) is 9.43. The topological polar surface area (TPSA) is 46.5 Å². The van der Waals surface area contributed by atoms with Gasteiger partial charge in [0.05, 0.1) is 18.3 Å². The van der Waals surface area contributed by atoms with Gasteiger partial charge in [0.15, 0.2) is 0 Å². The number of benzene rings is 1. The van der Waals surface area contributed by atoms with E-state index in [1.807, 2.05) is 0 Å². The van der Waals surface area contributed by atoms with Crippen LogP contribution in [0.5, 0.6) is 0 Å². The molecule has 0 heterocycles. The molecule has 92 valence electrons. The van der Waals surface area contributed by atoms with Crippen LogP contribution in [0.3, 0.4) is 0 Å². The molecule has 0 aromatic heterocycles. The van der Waals surface area contributed by atoms with Crippen molar-refractivity contribution in [3.05, 3.63) is 47.5 Å². The summed E-state index contributed by atoms with van der Waals surface area (Å²) in [6.07, 6.45) is 2.06. The van der Waals surface area contributed by atoms with Crippen molar-refractivity contribution in [1.29, 1.82) is 0 Å². The Hall–Kier alpha value is -1.32. The second-order valence-electron chi connectivity index (χ2n) is 3.59. The molecule has 0 aliphatic rings. The molecule has 1 rings (SSSR count). The molecule has 1 unspecified atom stereocenters. The average molecular weight is 255 g/mol. The highest BCUT2D eigenvalue weighted by Gasteiger charge is 2.06. The summed E-state index contributed by atoms with van der Waals surface area (Å²) >= 11 is 5.70. The summed E-state index contributed by atoms with van der Waals surface area (Å²) in [5, 5.41) is 9.78. The van der Waals surface area contributed by atoms with Crippen LogP contribution in [-0.4, -0.2) is 23.8 Å². The molecule has 1 aromatic rings. The third-order valence-corrected chi connectivity index (χ3v) is 2.48. The molecule has 0 bridgehead atoms. The monoisotopic (exact) mass is 254 g/mol. The van der Waals surface area contributed by atoms with Gasteiger partial charge in [-0.25, -0.2) is 4.79 Å². The highest BCUT2D eigenvalue weighted by molar-refractivity contribution is 6.30. The van der Waals surface area contributed by atoms with Crippen molar-refractivity contribution in [2.75, 3.05) is 6.61 Å². The summed E-state index contributed by atoms with van der Waals surface area (Å²) in [5.41, 5.74) is 0.471. The first kappa shape index (κ1) is 13.7. The Bertz CT molecular complexity index is 373. The maximum Gasteiger partial charge on any atom is 0.338 e. The predicted molar refractivity (Wildman–Crippen MR) is 67.2 cm³/mol. The number of halogens is 1. The van der Waals surface area contributed by atoms with Crippen molar-refractivity contribution in [1.82, 2.24) is 0 Å². The predicted octanol–water partition coefficient (Wildman–Crippen LogP) is 2.82. The van der Waals surface area contributed by atoms with Gasteiger partial charge in [0, 0.05) is 5.02 Å². The molecule has 3 nitrogen and oxygen atoms in total. The van der Waals surface area contributed by atoms with Gasteiger partial charge in [-0.3, -0.25) is 0 Å². The molecule has 1 aromatic carbocycles. The zero-order chi connectivity index (χ0) is 12.7. The largest absolute Gasteiger partial charge is 0.462 e. The van der Waals surface area contributed by atoms with Crippen LogP contribution in [0.25, 0.3) is 0 Å². The Balaban J connectivity index is 2.30. The first-order chi connectivity index (χ1) is 8.13. The van der Waals surface area contributed by atoms with Gasteiger partial charge in [-0.1, -0.05) is 17.7 Å². The van der Waals surface area contributed by atoms with E-state index in [0.717, 1.165) is 0 Å². The minimum Gasteiger partial charge on any atom is -0.462 e. The average Bonchev–Trinajstić information content (AvgIpc) is 2.34. The Morgan fingerprint density at radius 2 is 2.12 bits per heavy atom. The third-order valence-electron chi connectivity index (χ3n) is 2.23. The molecule has 0 amide bonds. The molecule has 0 fully saturated rings. The van der Waals surface area contributed by atoms with Crippen molar-refractivity contribution in [2.45, 2.75) is 18.9 Å². The molecule has 0 aliphatic heterocycles. The molecule has 0 saturated heterocycles. The zero-order valence-corrected chi connectivity index (χ0v) is 10.2. The van der Waals surface area contributed by atoms with Crippen molar-refractivity contribution >= 4 is 17.6 Å². The molecule has 1 N–H and O–H groups in total. The molecule has 1 atom stereocenters. The van der Waals surface area contributed by atoms with E-state index in [4.69, 9.17) is 16.3 Å². The van der Waals surface area contributed by atoms with E-state index in [2.05, 4.69) is 6.58 Å². The number of hydrogen-bond acceptors (Lipinski definition) is 3. The van der Waals surface area contributed by atoms with Crippen LogP contribution in [0.2, 0.25) is 5.02 Å². The standard InChI is InChI=1S/C13H15ClO3/c1-2-12(15)4-3-9-17-13(16)10-5-7-11(14)8-6-10/h2,5-8,12,15H,1,3-4,9H2. The van der Waals surface area contributed by atoms with E-state index in [9.17, 15) is 9.90 Å². The van der Waals surface area contributed by atoms with Crippen LogP contribution >= 0.6 is 11.6 Å². The molecular weight excluding hydrogens is 240 g/mol. The van der Waals surface area contributed by atoms with Gasteiger partial charge in [0.1, 0.15) is 0 Å². The van der Waals surface area contributed by atoms with E-state index >= 15 is 0 Å². The number of hydrogen-bond donors (Lipinski definition) is 1. The Labute approximate surface area is 106 Å². The van der Waals surface area contributed by atoms with Gasteiger partial charge in [-0.2, -0.15) is 0 Å². The van der Waals surface area contributed by atoms with Crippen LogP contribution in [0, 0.1) is 0 Å². The first-order valence-electron chi connectivity index (χ1n) is 5.37. The number of aliphatic hydroxyl groups is 1. The molecule has 0 saturated carbocycles. The summed E-state index contributed by atoms with van der Waals surface area (Å²) in [4.78, 5) is 11.5. The van der Waals surface area contributed by atoms with Crippen molar-refractivity contribution < 1.29 is 14.6 Å². The van der Waals surface area contributed by atoms with E-state index in [1.165, 1.54) is 6.08 Å². The van der Waals surface area contributed by atoms with Gasteiger partial charge in [0.2, 0.25) is 0 Å². The van der Waals surface area contributed by atoms with Gasteiger partial charge in [-0.15, -0.1) is 6.58 Å². The van der Waals surface area contributed by atoms with Crippen molar-refractivity contribution in [3.63, 3.8) is 0 Å².